The Hall–Kier alpha value is -0.570. The predicted molar refractivity (Wildman–Crippen MR) is 44.0 cm³/mol. The molecule has 0 bridgehead atoms. The Bertz CT molecular complexity index is 171. The normalized spacial score (nSPS) is 25.3. The van der Waals surface area contributed by atoms with Crippen LogP contribution in [0.3, 0.4) is 0 Å². The highest BCUT2D eigenvalue weighted by Crippen LogP contribution is 2.19. The van der Waals surface area contributed by atoms with Gasteiger partial charge in [-0.05, 0) is 5.41 Å². The molecule has 0 aliphatic carbocycles. The molecule has 1 unspecified atom stereocenters. The second-order valence-electron chi connectivity index (χ2n) is 4.39. The quantitative estimate of drug-likeness (QED) is 0.551. The van der Waals surface area contributed by atoms with E-state index in [2.05, 4.69) is 20.8 Å². The Labute approximate surface area is 67.5 Å². The van der Waals surface area contributed by atoms with Crippen LogP contribution in [0.5, 0.6) is 0 Å². The molecule has 64 valence electrons. The van der Waals surface area contributed by atoms with Gasteiger partial charge in [-0.25, -0.2) is 0 Å². The first-order chi connectivity index (χ1) is 4.90. The summed E-state index contributed by atoms with van der Waals surface area (Å²) >= 11 is 0. The number of rotatable bonds is 1. The van der Waals surface area contributed by atoms with Gasteiger partial charge in [-0.3, -0.25) is 4.79 Å². The minimum Gasteiger partial charge on any atom is -0.339 e. The lowest BCUT2D eigenvalue weighted by atomic mass is 9.93. The molecule has 1 saturated heterocycles. The van der Waals surface area contributed by atoms with Crippen LogP contribution in [0.25, 0.3) is 0 Å². The van der Waals surface area contributed by atoms with Crippen molar-refractivity contribution in [2.24, 2.45) is 11.1 Å². The van der Waals surface area contributed by atoms with Crippen LogP contribution in [-0.4, -0.2) is 29.9 Å². The summed E-state index contributed by atoms with van der Waals surface area (Å²) in [6.07, 6.45) is 0. The zero-order valence-corrected chi connectivity index (χ0v) is 7.42. The van der Waals surface area contributed by atoms with Crippen molar-refractivity contribution in [3.63, 3.8) is 0 Å². The van der Waals surface area contributed by atoms with Gasteiger partial charge in [0.15, 0.2) is 0 Å². The molecule has 1 fully saturated rings. The first-order valence-electron chi connectivity index (χ1n) is 3.94. The van der Waals surface area contributed by atoms with Crippen molar-refractivity contribution in [2.45, 2.75) is 26.8 Å². The minimum atomic E-state index is -0.225. The zero-order valence-electron chi connectivity index (χ0n) is 7.42. The van der Waals surface area contributed by atoms with Crippen molar-refractivity contribution in [3.05, 3.63) is 0 Å². The number of amides is 1. The fourth-order valence-electron chi connectivity index (χ4n) is 1.24. The highest BCUT2D eigenvalue weighted by Gasteiger charge is 2.35. The van der Waals surface area contributed by atoms with Gasteiger partial charge < -0.3 is 10.6 Å². The molecule has 0 aromatic heterocycles. The average molecular weight is 156 g/mol. The van der Waals surface area contributed by atoms with Crippen molar-refractivity contribution >= 4 is 5.91 Å². The second kappa shape index (κ2) is 2.48. The van der Waals surface area contributed by atoms with Gasteiger partial charge in [-0.2, -0.15) is 0 Å². The maximum absolute atomic E-state index is 11.0. The van der Waals surface area contributed by atoms with Gasteiger partial charge in [0.05, 0.1) is 0 Å². The molecule has 1 aliphatic heterocycles. The Morgan fingerprint density at radius 3 is 2.45 bits per heavy atom. The van der Waals surface area contributed by atoms with Crippen LogP contribution in [0, 0.1) is 5.41 Å². The van der Waals surface area contributed by atoms with E-state index in [1.807, 2.05) is 4.90 Å². The van der Waals surface area contributed by atoms with Gasteiger partial charge in [-0.15, -0.1) is 0 Å². The monoisotopic (exact) mass is 156 g/mol. The number of nitrogens with zero attached hydrogens (tertiary/aromatic N) is 1. The van der Waals surface area contributed by atoms with Crippen LogP contribution >= 0.6 is 0 Å². The van der Waals surface area contributed by atoms with E-state index in [4.69, 9.17) is 5.73 Å². The molecule has 0 saturated carbocycles. The second-order valence-corrected chi connectivity index (χ2v) is 4.39. The van der Waals surface area contributed by atoms with Crippen molar-refractivity contribution in [1.29, 1.82) is 0 Å². The smallest absolute Gasteiger partial charge is 0.241 e. The topological polar surface area (TPSA) is 46.3 Å². The Morgan fingerprint density at radius 2 is 2.18 bits per heavy atom. The Morgan fingerprint density at radius 1 is 1.64 bits per heavy atom. The van der Waals surface area contributed by atoms with Gasteiger partial charge in [0.25, 0.3) is 0 Å². The summed E-state index contributed by atoms with van der Waals surface area (Å²) in [4.78, 5) is 12.9. The van der Waals surface area contributed by atoms with Crippen molar-refractivity contribution < 1.29 is 4.79 Å². The molecule has 3 nitrogen and oxygen atoms in total. The summed E-state index contributed by atoms with van der Waals surface area (Å²) in [6.45, 7) is 7.90. The van der Waals surface area contributed by atoms with Gasteiger partial charge in [0.2, 0.25) is 5.91 Å². The first kappa shape index (κ1) is 8.53. The van der Waals surface area contributed by atoms with E-state index in [0.29, 0.717) is 0 Å². The van der Waals surface area contributed by atoms with Gasteiger partial charge in [-0.1, -0.05) is 20.8 Å². The van der Waals surface area contributed by atoms with Crippen LogP contribution in [0.1, 0.15) is 20.8 Å². The number of likely N-dealkylation sites (tertiary alicyclic amines) is 1. The molecule has 2 N–H and O–H groups in total. The molecule has 11 heavy (non-hydrogen) atoms. The Kier molecular flexibility index (Phi) is 1.92. The van der Waals surface area contributed by atoms with Crippen LogP contribution in [0.2, 0.25) is 0 Å². The maximum atomic E-state index is 11.0. The minimum absolute atomic E-state index is 0.0972. The summed E-state index contributed by atoms with van der Waals surface area (Å²) in [5, 5.41) is 0. The van der Waals surface area contributed by atoms with Gasteiger partial charge in [0.1, 0.15) is 6.04 Å². The standard InChI is InChI=1S/C8H16N2O/c1-8(2,3)5-10-4-6(9)7(10)11/h6H,4-5,9H2,1-3H3. The number of β-lactam (4-membered cyclic amide) rings is 1. The number of hydrogen-bond donors (Lipinski definition) is 1. The van der Waals surface area contributed by atoms with E-state index in [9.17, 15) is 4.79 Å². The lowest BCUT2D eigenvalue weighted by Gasteiger charge is -2.40. The van der Waals surface area contributed by atoms with E-state index in [1.54, 1.807) is 0 Å². The zero-order chi connectivity index (χ0) is 8.65. The van der Waals surface area contributed by atoms with E-state index in [1.165, 1.54) is 0 Å². The first-order valence-corrected chi connectivity index (χ1v) is 3.94. The number of hydrogen-bond acceptors (Lipinski definition) is 2. The average Bonchev–Trinajstić information content (AvgIpc) is 1.84. The number of carbonyl (C=O) groups excluding carboxylic acids is 1. The molecule has 1 rings (SSSR count). The maximum Gasteiger partial charge on any atom is 0.241 e. The molecule has 1 heterocycles. The molecule has 0 aromatic carbocycles. The third-order valence-corrected chi connectivity index (χ3v) is 1.71. The summed E-state index contributed by atoms with van der Waals surface area (Å²) in [6, 6.07) is -0.225. The number of nitrogens with two attached hydrogens (primary N) is 1. The van der Waals surface area contributed by atoms with E-state index in [-0.39, 0.29) is 17.4 Å². The Balaban J connectivity index is 2.37. The van der Waals surface area contributed by atoms with Gasteiger partial charge in [0, 0.05) is 13.1 Å². The van der Waals surface area contributed by atoms with E-state index < -0.39 is 0 Å². The summed E-state index contributed by atoms with van der Waals surface area (Å²) < 4.78 is 0. The molecule has 1 atom stereocenters. The molecule has 0 aromatic rings. The molecule has 3 heteroatoms. The molecule has 1 aliphatic rings. The van der Waals surface area contributed by atoms with Crippen LogP contribution < -0.4 is 5.73 Å². The highest BCUT2D eigenvalue weighted by atomic mass is 16.2. The number of carbonyl (C=O) groups is 1. The van der Waals surface area contributed by atoms with Crippen molar-refractivity contribution in [1.82, 2.24) is 4.90 Å². The summed E-state index contributed by atoms with van der Waals surface area (Å²) in [5.74, 6) is 0.0972. The highest BCUT2D eigenvalue weighted by molar-refractivity contribution is 5.87. The van der Waals surface area contributed by atoms with Crippen molar-refractivity contribution in [2.75, 3.05) is 13.1 Å². The third kappa shape index (κ3) is 1.93. The van der Waals surface area contributed by atoms with Crippen LogP contribution in [0.15, 0.2) is 0 Å². The molecular weight excluding hydrogens is 140 g/mol. The van der Waals surface area contributed by atoms with Gasteiger partial charge >= 0.3 is 0 Å². The molecule has 1 amide bonds. The lowest BCUT2D eigenvalue weighted by molar-refractivity contribution is -0.144. The van der Waals surface area contributed by atoms with E-state index >= 15 is 0 Å². The van der Waals surface area contributed by atoms with E-state index in [0.717, 1.165) is 13.1 Å². The summed E-state index contributed by atoms with van der Waals surface area (Å²) in [7, 11) is 0. The fraction of sp³-hybridized carbons (Fsp3) is 0.875. The lowest BCUT2D eigenvalue weighted by Crippen LogP contribution is -2.62. The predicted octanol–water partition coefficient (Wildman–Crippen LogP) is 0.202. The molecule has 0 spiro atoms. The van der Waals surface area contributed by atoms with Crippen LogP contribution in [-0.2, 0) is 4.79 Å². The molecule has 0 radical (unpaired) electrons. The molecular formula is C8H16N2O. The SMILES string of the molecule is CC(C)(C)CN1CC(N)C1=O. The largest absolute Gasteiger partial charge is 0.339 e. The summed E-state index contributed by atoms with van der Waals surface area (Å²) in [5.41, 5.74) is 5.63. The third-order valence-electron chi connectivity index (χ3n) is 1.71. The van der Waals surface area contributed by atoms with Crippen LogP contribution in [0.4, 0.5) is 0 Å². The fourth-order valence-corrected chi connectivity index (χ4v) is 1.24. The van der Waals surface area contributed by atoms with Crippen molar-refractivity contribution in [3.8, 4) is 0 Å².